The van der Waals surface area contributed by atoms with E-state index in [0.29, 0.717) is 57.6 Å². The summed E-state index contributed by atoms with van der Waals surface area (Å²) in [6.07, 6.45) is 0. The third-order valence-electron chi connectivity index (χ3n) is 5.11. The maximum atomic E-state index is 11.9. The number of nitrogens with zero attached hydrogens (tertiary/aromatic N) is 3. The van der Waals surface area contributed by atoms with Crippen LogP contribution in [0.4, 0.5) is 17.8 Å². The van der Waals surface area contributed by atoms with Gasteiger partial charge in [-0.2, -0.15) is 15.0 Å². The lowest BCUT2D eigenvalue weighted by atomic mass is 10.2. The predicted molar refractivity (Wildman–Crippen MR) is 143 cm³/mol. The molecule has 38 heavy (non-hydrogen) atoms. The van der Waals surface area contributed by atoms with E-state index in [4.69, 9.17) is 9.47 Å². The van der Waals surface area contributed by atoms with Crippen LogP contribution in [0.5, 0.6) is 0 Å². The number of benzene rings is 2. The molecule has 0 aliphatic rings. The fraction of sp³-hybridized carbons (Fsp3) is 0.346. The van der Waals surface area contributed by atoms with Crippen molar-refractivity contribution >= 4 is 29.7 Å². The molecule has 12 heteroatoms. The van der Waals surface area contributed by atoms with Crippen LogP contribution in [0.1, 0.15) is 22.8 Å². The van der Waals surface area contributed by atoms with E-state index in [2.05, 4.69) is 36.2 Å². The van der Waals surface area contributed by atoms with E-state index in [1.807, 2.05) is 48.5 Å². The Morgan fingerprint density at radius 2 is 1.37 bits per heavy atom. The summed E-state index contributed by atoms with van der Waals surface area (Å²) in [6.45, 7) is 4.37. The molecule has 0 spiro atoms. The summed E-state index contributed by atoms with van der Waals surface area (Å²) < 4.78 is 11.0. The smallest absolute Gasteiger partial charge is 0.325 e. The lowest BCUT2D eigenvalue weighted by Gasteiger charge is -2.13. The number of carboxylic acid groups (broad SMARTS) is 1. The van der Waals surface area contributed by atoms with E-state index in [-0.39, 0.29) is 17.8 Å². The van der Waals surface area contributed by atoms with Crippen molar-refractivity contribution in [3.63, 3.8) is 0 Å². The SMILES string of the molecule is C[C@H](Nc1nc(NCCOCCOCCNC(=O)c2ccccc2)nc(NCc2ccccc2)n1)C(=O)O. The molecular formula is C26H33N7O5. The third-order valence-corrected chi connectivity index (χ3v) is 5.11. The van der Waals surface area contributed by atoms with Gasteiger partial charge in [-0.25, -0.2) is 0 Å². The van der Waals surface area contributed by atoms with E-state index in [1.165, 1.54) is 6.92 Å². The van der Waals surface area contributed by atoms with E-state index in [0.717, 1.165) is 5.56 Å². The molecule has 12 nitrogen and oxygen atoms in total. The number of carboxylic acids is 1. The van der Waals surface area contributed by atoms with Gasteiger partial charge in [0, 0.05) is 25.2 Å². The van der Waals surface area contributed by atoms with Crippen molar-refractivity contribution in [2.24, 2.45) is 0 Å². The molecule has 3 rings (SSSR count). The molecule has 0 saturated heterocycles. The Bertz CT molecular complexity index is 1140. The Balaban J connectivity index is 1.36. The van der Waals surface area contributed by atoms with E-state index < -0.39 is 12.0 Å². The molecule has 0 unspecified atom stereocenters. The van der Waals surface area contributed by atoms with Crippen LogP contribution in [0.25, 0.3) is 0 Å². The highest BCUT2D eigenvalue weighted by atomic mass is 16.5. The molecule has 2 aromatic carbocycles. The number of anilines is 3. The number of hydrogen-bond acceptors (Lipinski definition) is 10. The lowest BCUT2D eigenvalue weighted by molar-refractivity contribution is -0.137. The Labute approximate surface area is 221 Å². The maximum Gasteiger partial charge on any atom is 0.325 e. The maximum absolute atomic E-state index is 11.9. The molecule has 202 valence electrons. The van der Waals surface area contributed by atoms with Gasteiger partial charge in [-0.3, -0.25) is 9.59 Å². The van der Waals surface area contributed by atoms with E-state index >= 15 is 0 Å². The highest BCUT2D eigenvalue weighted by Crippen LogP contribution is 2.12. The van der Waals surface area contributed by atoms with Crippen molar-refractivity contribution in [3.8, 4) is 0 Å². The first-order chi connectivity index (χ1) is 18.5. The van der Waals surface area contributed by atoms with Crippen LogP contribution in [0.15, 0.2) is 60.7 Å². The molecule has 1 heterocycles. The summed E-state index contributed by atoms with van der Waals surface area (Å²) in [5, 5.41) is 20.9. The van der Waals surface area contributed by atoms with Crippen molar-refractivity contribution in [3.05, 3.63) is 71.8 Å². The second-order valence-corrected chi connectivity index (χ2v) is 8.12. The van der Waals surface area contributed by atoms with Gasteiger partial charge in [-0.15, -0.1) is 0 Å². The molecule has 5 N–H and O–H groups in total. The van der Waals surface area contributed by atoms with Crippen LogP contribution >= 0.6 is 0 Å². The highest BCUT2D eigenvalue weighted by molar-refractivity contribution is 5.94. The summed E-state index contributed by atoms with van der Waals surface area (Å²) in [5.74, 6) is -0.427. The Hall–Kier alpha value is -4.29. The van der Waals surface area contributed by atoms with Gasteiger partial charge in [0.1, 0.15) is 6.04 Å². The van der Waals surface area contributed by atoms with Crippen molar-refractivity contribution in [1.29, 1.82) is 0 Å². The van der Waals surface area contributed by atoms with Gasteiger partial charge in [0.15, 0.2) is 0 Å². The number of amides is 1. The molecule has 1 aromatic heterocycles. The molecule has 0 aliphatic heterocycles. The number of ether oxygens (including phenoxy) is 2. The summed E-state index contributed by atoms with van der Waals surface area (Å²) in [6, 6.07) is 17.9. The fourth-order valence-electron chi connectivity index (χ4n) is 3.12. The van der Waals surface area contributed by atoms with Gasteiger partial charge in [0.2, 0.25) is 17.8 Å². The summed E-state index contributed by atoms with van der Waals surface area (Å²) in [7, 11) is 0. The average Bonchev–Trinajstić information content (AvgIpc) is 2.93. The first-order valence-corrected chi connectivity index (χ1v) is 12.3. The molecule has 0 saturated carbocycles. The topological polar surface area (TPSA) is 160 Å². The van der Waals surface area contributed by atoms with E-state index in [1.54, 1.807) is 12.1 Å². The van der Waals surface area contributed by atoms with Gasteiger partial charge in [-0.05, 0) is 24.6 Å². The van der Waals surface area contributed by atoms with E-state index in [9.17, 15) is 14.7 Å². The number of aliphatic carboxylic acids is 1. The fourth-order valence-corrected chi connectivity index (χ4v) is 3.12. The number of hydrogen-bond donors (Lipinski definition) is 5. The van der Waals surface area contributed by atoms with Crippen molar-refractivity contribution in [1.82, 2.24) is 20.3 Å². The highest BCUT2D eigenvalue weighted by Gasteiger charge is 2.14. The minimum atomic E-state index is -1.02. The number of carbonyl (C=O) groups excluding carboxylic acids is 1. The quantitative estimate of drug-likeness (QED) is 0.165. The second kappa shape index (κ2) is 15.7. The lowest BCUT2D eigenvalue weighted by Crippen LogP contribution is -2.27. The largest absolute Gasteiger partial charge is 0.480 e. The zero-order valence-electron chi connectivity index (χ0n) is 21.2. The first kappa shape index (κ1) is 28.3. The average molecular weight is 524 g/mol. The molecular weight excluding hydrogens is 490 g/mol. The van der Waals surface area contributed by atoms with Gasteiger partial charge in [0.25, 0.3) is 5.91 Å². The van der Waals surface area contributed by atoms with Gasteiger partial charge in [0.05, 0.1) is 26.4 Å². The standard InChI is InChI=1S/C26H33N7O5/c1-19(23(35)36)30-26-32-24(31-25(33-26)29-18-20-8-4-2-5-9-20)28-13-15-38-17-16-37-14-12-27-22(34)21-10-6-3-7-11-21/h2-11,19H,12-18H2,1H3,(H,27,34)(H,35,36)(H3,28,29,30,31,32,33)/t19-/m0/s1. The van der Waals surface area contributed by atoms with Crippen LogP contribution in [0.3, 0.4) is 0 Å². The molecule has 0 radical (unpaired) electrons. The summed E-state index contributed by atoms with van der Waals surface area (Å²) in [5.41, 5.74) is 1.66. The molecule has 1 amide bonds. The molecule has 0 bridgehead atoms. The Morgan fingerprint density at radius 1 is 0.789 bits per heavy atom. The number of nitrogens with one attached hydrogen (secondary N) is 4. The zero-order valence-corrected chi connectivity index (χ0v) is 21.2. The van der Waals surface area contributed by atoms with Crippen molar-refractivity contribution < 1.29 is 24.2 Å². The Kier molecular flexibility index (Phi) is 11.7. The number of aromatic nitrogens is 3. The van der Waals surface area contributed by atoms with Crippen LogP contribution in [-0.2, 0) is 20.8 Å². The summed E-state index contributed by atoms with van der Waals surface area (Å²) in [4.78, 5) is 36.0. The van der Waals surface area contributed by atoms with Gasteiger partial charge in [-0.1, -0.05) is 48.5 Å². The number of carbonyl (C=O) groups is 2. The third kappa shape index (κ3) is 10.4. The van der Waals surface area contributed by atoms with Crippen LogP contribution < -0.4 is 21.3 Å². The molecule has 3 aromatic rings. The first-order valence-electron chi connectivity index (χ1n) is 12.3. The Morgan fingerprint density at radius 3 is 2.03 bits per heavy atom. The molecule has 0 aliphatic carbocycles. The molecule has 0 fully saturated rings. The molecule has 1 atom stereocenters. The predicted octanol–water partition coefficient (Wildman–Crippen LogP) is 2.24. The van der Waals surface area contributed by atoms with Crippen LogP contribution in [-0.4, -0.2) is 77.5 Å². The second-order valence-electron chi connectivity index (χ2n) is 8.12. The summed E-state index contributed by atoms with van der Waals surface area (Å²) >= 11 is 0. The van der Waals surface area contributed by atoms with Crippen molar-refractivity contribution in [2.75, 3.05) is 55.5 Å². The van der Waals surface area contributed by atoms with Gasteiger partial charge < -0.3 is 35.8 Å². The normalized spacial score (nSPS) is 11.4. The minimum Gasteiger partial charge on any atom is -0.480 e. The van der Waals surface area contributed by atoms with Crippen LogP contribution in [0, 0.1) is 0 Å². The van der Waals surface area contributed by atoms with Crippen LogP contribution in [0.2, 0.25) is 0 Å². The zero-order chi connectivity index (χ0) is 27.0. The number of rotatable bonds is 17. The monoisotopic (exact) mass is 523 g/mol. The minimum absolute atomic E-state index is 0.135. The van der Waals surface area contributed by atoms with Crippen molar-refractivity contribution in [2.45, 2.75) is 19.5 Å². The van der Waals surface area contributed by atoms with Gasteiger partial charge >= 0.3 is 5.97 Å².